The maximum absolute atomic E-state index is 13.9. The maximum Gasteiger partial charge on any atom is 0.223 e. The van der Waals surface area contributed by atoms with Gasteiger partial charge < -0.3 is 11.1 Å². The number of rotatable bonds is 3. The van der Waals surface area contributed by atoms with Gasteiger partial charge in [-0.15, -0.1) is 0 Å². The third kappa shape index (κ3) is 2.50. The number of anilines is 1. The number of thiophene rings is 1. The van der Waals surface area contributed by atoms with Crippen LogP contribution in [0.4, 0.5) is 10.3 Å². The van der Waals surface area contributed by atoms with E-state index in [1.165, 1.54) is 36.8 Å². The van der Waals surface area contributed by atoms with Gasteiger partial charge in [0.15, 0.2) is 5.82 Å². The monoisotopic (exact) mass is 318 g/mol. The number of halogens is 1. The van der Waals surface area contributed by atoms with Crippen LogP contribution in [0.15, 0.2) is 23.0 Å². The van der Waals surface area contributed by atoms with E-state index in [2.05, 4.69) is 15.3 Å². The fourth-order valence-electron chi connectivity index (χ4n) is 3.51. The van der Waals surface area contributed by atoms with Crippen molar-refractivity contribution >= 4 is 17.3 Å². The van der Waals surface area contributed by atoms with Crippen molar-refractivity contribution in [1.29, 1.82) is 0 Å². The summed E-state index contributed by atoms with van der Waals surface area (Å²) in [4.78, 5) is 8.45. The van der Waals surface area contributed by atoms with E-state index in [1.54, 1.807) is 0 Å². The number of hydrogen-bond acceptors (Lipinski definition) is 5. The van der Waals surface area contributed by atoms with Crippen molar-refractivity contribution in [2.24, 2.45) is 11.1 Å². The van der Waals surface area contributed by atoms with Gasteiger partial charge in [-0.3, -0.25) is 0 Å². The fourth-order valence-corrected chi connectivity index (χ4v) is 4.15. The van der Waals surface area contributed by atoms with Crippen molar-refractivity contribution in [3.05, 3.63) is 28.8 Å². The first kappa shape index (κ1) is 14.1. The highest BCUT2D eigenvalue weighted by molar-refractivity contribution is 7.08. The summed E-state index contributed by atoms with van der Waals surface area (Å²) in [5.41, 5.74) is 7.63. The van der Waals surface area contributed by atoms with Crippen LogP contribution in [0.3, 0.4) is 0 Å². The zero-order valence-electron chi connectivity index (χ0n) is 12.3. The van der Waals surface area contributed by atoms with Crippen molar-refractivity contribution < 1.29 is 4.39 Å². The molecule has 2 saturated carbocycles. The molecule has 2 aromatic heterocycles. The van der Waals surface area contributed by atoms with Gasteiger partial charge in [-0.05, 0) is 49.0 Å². The number of hydrogen-bond donors (Lipinski definition) is 2. The van der Waals surface area contributed by atoms with E-state index >= 15 is 0 Å². The van der Waals surface area contributed by atoms with E-state index in [-0.39, 0.29) is 5.82 Å². The second-order valence-corrected chi connectivity index (χ2v) is 7.27. The van der Waals surface area contributed by atoms with E-state index in [9.17, 15) is 4.39 Å². The van der Waals surface area contributed by atoms with Crippen molar-refractivity contribution in [1.82, 2.24) is 9.97 Å². The molecule has 4 nitrogen and oxygen atoms in total. The Morgan fingerprint density at radius 3 is 2.77 bits per heavy atom. The minimum atomic E-state index is -0.379. The number of aromatic nitrogens is 2. The standard InChI is InChI=1S/C16H19FN4S/c17-12-8-19-15(21-14(12)10-3-6-22-9-10)20-11-1-4-16(5-2-11)7-13(16)18/h3,6,8-9,11,13H,1-2,4-5,7,18H2,(H,19,20,21). The Hall–Kier alpha value is -1.53. The number of nitrogens with zero attached hydrogens (tertiary/aromatic N) is 2. The molecule has 1 atom stereocenters. The number of nitrogens with two attached hydrogens (primary N) is 1. The van der Waals surface area contributed by atoms with Crippen LogP contribution in [0.2, 0.25) is 0 Å². The first-order chi connectivity index (χ1) is 10.7. The summed E-state index contributed by atoms with van der Waals surface area (Å²) >= 11 is 1.53. The summed E-state index contributed by atoms with van der Waals surface area (Å²) in [5, 5.41) is 7.18. The lowest BCUT2D eigenvalue weighted by Gasteiger charge is -2.29. The van der Waals surface area contributed by atoms with E-state index in [0.717, 1.165) is 18.4 Å². The predicted molar refractivity (Wildman–Crippen MR) is 86.2 cm³/mol. The largest absolute Gasteiger partial charge is 0.351 e. The van der Waals surface area contributed by atoms with Crippen LogP contribution in [0.1, 0.15) is 32.1 Å². The maximum atomic E-state index is 13.9. The van der Waals surface area contributed by atoms with Crippen molar-refractivity contribution in [3.63, 3.8) is 0 Å². The molecule has 4 rings (SSSR count). The third-order valence-corrected chi connectivity index (χ3v) is 5.79. The molecule has 0 bridgehead atoms. The van der Waals surface area contributed by atoms with Crippen LogP contribution in [0, 0.1) is 11.2 Å². The summed E-state index contributed by atoms with van der Waals surface area (Å²) in [6, 6.07) is 2.64. The van der Waals surface area contributed by atoms with Gasteiger partial charge in [0.25, 0.3) is 0 Å². The molecule has 116 valence electrons. The topological polar surface area (TPSA) is 63.8 Å². The Bertz CT molecular complexity index is 665. The molecule has 3 N–H and O–H groups in total. The molecule has 1 spiro atoms. The van der Waals surface area contributed by atoms with Gasteiger partial charge in [-0.1, -0.05) is 0 Å². The molecule has 1 unspecified atom stereocenters. The Balaban J connectivity index is 1.46. The molecule has 0 radical (unpaired) electrons. The smallest absolute Gasteiger partial charge is 0.223 e. The van der Waals surface area contributed by atoms with Crippen LogP contribution in [-0.4, -0.2) is 22.1 Å². The molecular weight excluding hydrogens is 299 g/mol. The first-order valence-corrected chi connectivity index (χ1v) is 8.68. The Labute approximate surface area is 133 Å². The van der Waals surface area contributed by atoms with Gasteiger partial charge >= 0.3 is 0 Å². The zero-order chi connectivity index (χ0) is 15.2. The quantitative estimate of drug-likeness (QED) is 0.910. The predicted octanol–water partition coefficient (Wildman–Crippen LogP) is 3.42. The van der Waals surface area contributed by atoms with Crippen molar-refractivity contribution in [2.75, 3.05) is 5.32 Å². The Morgan fingerprint density at radius 1 is 1.36 bits per heavy atom. The molecule has 0 saturated heterocycles. The van der Waals surface area contributed by atoms with Crippen molar-refractivity contribution in [2.45, 2.75) is 44.2 Å². The van der Waals surface area contributed by atoms with E-state index in [4.69, 9.17) is 5.73 Å². The molecule has 2 aromatic rings. The highest BCUT2D eigenvalue weighted by atomic mass is 32.1. The SMILES string of the molecule is NC1CC12CCC(Nc1ncc(F)c(-c3ccsc3)n1)CC2. The highest BCUT2D eigenvalue weighted by Gasteiger charge is 2.52. The fraction of sp³-hybridized carbons (Fsp3) is 0.500. The first-order valence-electron chi connectivity index (χ1n) is 7.73. The Morgan fingerprint density at radius 2 is 2.14 bits per heavy atom. The van der Waals surface area contributed by atoms with Crippen LogP contribution in [-0.2, 0) is 0 Å². The lowest BCUT2D eigenvalue weighted by atomic mass is 9.83. The molecule has 2 heterocycles. The summed E-state index contributed by atoms with van der Waals surface area (Å²) in [6.07, 6.45) is 6.94. The minimum Gasteiger partial charge on any atom is -0.351 e. The van der Waals surface area contributed by atoms with Crippen molar-refractivity contribution in [3.8, 4) is 11.3 Å². The van der Waals surface area contributed by atoms with Gasteiger partial charge in [-0.2, -0.15) is 11.3 Å². The zero-order valence-corrected chi connectivity index (χ0v) is 13.1. The summed E-state index contributed by atoms with van der Waals surface area (Å²) in [7, 11) is 0. The van der Waals surface area contributed by atoms with Gasteiger partial charge in [0.2, 0.25) is 5.95 Å². The highest BCUT2D eigenvalue weighted by Crippen LogP contribution is 2.55. The van der Waals surface area contributed by atoms with Gasteiger partial charge in [0.1, 0.15) is 5.69 Å². The Kier molecular flexibility index (Phi) is 3.38. The molecular formula is C16H19FN4S. The van der Waals surface area contributed by atoms with E-state index < -0.39 is 0 Å². The van der Waals surface area contributed by atoms with E-state index in [0.29, 0.717) is 29.1 Å². The molecule has 0 aliphatic heterocycles. The summed E-state index contributed by atoms with van der Waals surface area (Å²) < 4.78 is 13.9. The van der Waals surface area contributed by atoms with Crippen LogP contribution < -0.4 is 11.1 Å². The van der Waals surface area contributed by atoms with Gasteiger partial charge in [0, 0.05) is 23.0 Å². The average Bonchev–Trinajstić information content (AvgIpc) is 2.93. The lowest BCUT2D eigenvalue weighted by molar-refractivity contribution is 0.307. The normalized spacial score (nSPS) is 30.5. The summed E-state index contributed by atoms with van der Waals surface area (Å²) in [5.74, 6) is 0.138. The molecule has 0 amide bonds. The third-order valence-electron chi connectivity index (χ3n) is 5.11. The lowest BCUT2D eigenvalue weighted by Crippen LogP contribution is -2.30. The van der Waals surface area contributed by atoms with Crippen LogP contribution >= 0.6 is 11.3 Å². The van der Waals surface area contributed by atoms with Gasteiger partial charge in [0.05, 0.1) is 6.20 Å². The molecule has 22 heavy (non-hydrogen) atoms. The second kappa shape index (κ2) is 5.28. The van der Waals surface area contributed by atoms with Gasteiger partial charge in [-0.25, -0.2) is 14.4 Å². The molecule has 2 aliphatic carbocycles. The molecule has 6 heteroatoms. The van der Waals surface area contributed by atoms with E-state index in [1.807, 2.05) is 16.8 Å². The molecule has 2 fully saturated rings. The second-order valence-electron chi connectivity index (χ2n) is 6.49. The van der Waals surface area contributed by atoms with Crippen LogP contribution in [0.25, 0.3) is 11.3 Å². The molecule has 0 aromatic carbocycles. The molecule has 2 aliphatic rings. The summed E-state index contributed by atoms with van der Waals surface area (Å²) in [6.45, 7) is 0. The minimum absolute atomic E-state index is 0.360. The number of nitrogens with one attached hydrogen (secondary N) is 1. The average molecular weight is 318 g/mol. The van der Waals surface area contributed by atoms with Crippen LogP contribution in [0.5, 0.6) is 0 Å².